The molecule has 0 aliphatic carbocycles. The molecule has 6 nitrogen and oxygen atoms in total. The third-order valence-corrected chi connectivity index (χ3v) is 5.32. The van der Waals surface area contributed by atoms with Gasteiger partial charge in [0.1, 0.15) is 0 Å². The van der Waals surface area contributed by atoms with Crippen LogP contribution >= 0.6 is 0 Å². The van der Waals surface area contributed by atoms with Gasteiger partial charge in [-0.3, -0.25) is 0 Å². The maximum absolute atomic E-state index is 12.3. The standard InChI is InChI=1S/C13H28N2O4S/c1-13(2,6-8-19-3)11-14-20(17,18)15-7-4-5-12(9-15)10-16/h12,14,16H,4-11H2,1-3H3. The predicted molar refractivity (Wildman–Crippen MR) is 78.6 cm³/mol. The molecule has 1 atom stereocenters. The van der Waals surface area contributed by atoms with Crippen LogP contribution in [0.5, 0.6) is 0 Å². The lowest BCUT2D eigenvalue weighted by atomic mass is 9.90. The van der Waals surface area contributed by atoms with Gasteiger partial charge in [-0.15, -0.1) is 0 Å². The van der Waals surface area contributed by atoms with E-state index in [2.05, 4.69) is 4.72 Å². The van der Waals surface area contributed by atoms with E-state index < -0.39 is 10.2 Å². The van der Waals surface area contributed by atoms with E-state index in [1.807, 2.05) is 13.8 Å². The van der Waals surface area contributed by atoms with E-state index in [0.717, 1.165) is 19.3 Å². The van der Waals surface area contributed by atoms with Gasteiger partial charge < -0.3 is 9.84 Å². The molecule has 0 saturated carbocycles. The summed E-state index contributed by atoms with van der Waals surface area (Å²) in [5.41, 5.74) is -0.144. The zero-order chi connectivity index (χ0) is 15.2. The first-order valence-corrected chi connectivity index (χ1v) is 8.59. The molecule has 0 aromatic rings. The van der Waals surface area contributed by atoms with Crippen LogP contribution in [0.25, 0.3) is 0 Å². The fraction of sp³-hybridized carbons (Fsp3) is 1.00. The van der Waals surface area contributed by atoms with Crippen molar-refractivity contribution >= 4 is 10.2 Å². The Morgan fingerprint density at radius 2 is 2.15 bits per heavy atom. The van der Waals surface area contributed by atoms with Crippen molar-refractivity contribution in [1.29, 1.82) is 0 Å². The van der Waals surface area contributed by atoms with Gasteiger partial charge in [0, 0.05) is 40.0 Å². The number of aliphatic hydroxyl groups excluding tert-OH is 1. The minimum atomic E-state index is -3.45. The van der Waals surface area contributed by atoms with Crippen LogP contribution < -0.4 is 4.72 Å². The van der Waals surface area contributed by atoms with Crippen LogP contribution in [0.15, 0.2) is 0 Å². The molecule has 1 fully saturated rings. The van der Waals surface area contributed by atoms with E-state index in [1.165, 1.54) is 4.31 Å². The van der Waals surface area contributed by atoms with E-state index >= 15 is 0 Å². The first-order valence-electron chi connectivity index (χ1n) is 7.15. The Hall–Kier alpha value is -0.210. The molecule has 7 heteroatoms. The lowest BCUT2D eigenvalue weighted by Crippen LogP contribution is -2.48. The summed E-state index contributed by atoms with van der Waals surface area (Å²) in [6.07, 6.45) is 2.49. The van der Waals surface area contributed by atoms with Gasteiger partial charge in [-0.25, -0.2) is 4.72 Å². The lowest BCUT2D eigenvalue weighted by Gasteiger charge is -2.32. The molecule has 0 spiro atoms. The SMILES string of the molecule is COCCC(C)(C)CNS(=O)(=O)N1CCCC(CO)C1. The molecule has 1 aliphatic rings. The fourth-order valence-corrected chi connectivity index (χ4v) is 3.77. The van der Waals surface area contributed by atoms with Crippen molar-refractivity contribution in [2.24, 2.45) is 11.3 Å². The van der Waals surface area contributed by atoms with Crippen LogP contribution in [0.4, 0.5) is 0 Å². The Bertz CT molecular complexity index is 384. The van der Waals surface area contributed by atoms with Crippen LogP contribution in [0.3, 0.4) is 0 Å². The quantitative estimate of drug-likeness (QED) is 0.688. The minimum Gasteiger partial charge on any atom is -0.396 e. The summed E-state index contributed by atoms with van der Waals surface area (Å²) in [4.78, 5) is 0. The monoisotopic (exact) mass is 308 g/mol. The molecule has 2 N–H and O–H groups in total. The van der Waals surface area contributed by atoms with Crippen molar-refractivity contribution in [3.05, 3.63) is 0 Å². The smallest absolute Gasteiger partial charge is 0.279 e. The summed E-state index contributed by atoms with van der Waals surface area (Å²) >= 11 is 0. The lowest BCUT2D eigenvalue weighted by molar-refractivity contribution is 0.151. The molecule has 0 bridgehead atoms. The highest BCUT2D eigenvalue weighted by atomic mass is 32.2. The van der Waals surface area contributed by atoms with Gasteiger partial charge >= 0.3 is 0 Å². The number of nitrogens with zero attached hydrogens (tertiary/aromatic N) is 1. The molecule has 0 aromatic heterocycles. The number of hydrogen-bond acceptors (Lipinski definition) is 4. The second kappa shape index (κ2) is 7.70. The van der Waals surface area contributed by atoms with Gasteiger partial charge in [-0.05, 0) is 30.6 Å². The molecule has 1 aliphatic heterocycles. The van der Waals surface area contributed by atoms with Gasteiger partial charge in [0.25, 0.3) is 10.2 Å². The Morgan fingerprint density at radius 1 is 1.45 bits per heavy atom. The van der Waals surface area contributed by atoms with Gasteiger partial charge in [-0.1, -0.05) is 13.8 Å². The maximum atomic E-state index is 12.3. The Balaban J connectivity index is 2.52. The zero-order valence-corrected chi connectivity index (χ0v) is 13.6. The van der Waals surface area contributed by atoms with E-state index in [9.17, 15) is 13.5 Å². The Labute approximate surface area is 122 Å². The number of ether oxygens (including phenoxy) is 1. The fourth-order valence-electron chi connectivity index (χ4n) is 2.24. The summed E-state index contributed by atoms with van der Waals surface area (Å²) in [5.74, 6) is 0.0572. The number of hydrogen-bond donors (Lipinski definition) is 2. The van der Waals surface area contributed by atoms with Crippen LogP contribution in [0.2, 0.25) is 0 Å². The van der Waals surface area contributed by atoms with Crippen LogP contribution in [-0.4, -0.2) is 57.8 Å². The summed E-state index contributed by atoms with van der Waals surface area (Å²) in [6.45, 7) is 6.02. The van der Waals surface area contributed by atoms with Crippen molar-refractivity contribution in [2.45, 2.75) is 33.1 Å². The summed E-state index contributed by atoms with van der Waals surface area (Å²) in [7, 11) is -1.81. The summed E-state index contributed by atoms with van der Waals surface area (Å²) < 4.78 is 33.7. The van der Waals surface area contributed by atoms with Gasteiger partial charge in [0.15, 0.2) is 0 Å². The third-order valence-electron chi connectivity index (χ3n) is 3.80. The molecule has 20 heavy (non-hydrogen) atoms. The first kappa shape index (κ1) is 17.8. The molecule has 0 aromatic carbocycles. The van der Waals surface area contributed by atoms with Crippen LogP contribution in [0, 0.1) is 11.3 Å². The number of piperidine rings is 1. The number of nitrogens with one attached hydrogen (secondary N) is 1. The number of aliphatic hydroxyl groups is 1. The van der Waals surface area contributed by atoms with E-state index in [4.69, 9.17) is 4.74 Å². The van der Waals surface area contributed by atoms with E-state index in [0.29, 0.717) is 26.2 Å². The predicted octanol–water partition coefficient (Wildman–Crippen LogP) is 0.588. The van der Waals surface area contributed by atoms with Crippen LogP contribution in [-0.2, 0) is 14.9 Å². The summed E-state index contributed by atoms with van der Waals surface area (Å²) in [6, 6.07) is 0. The van der Waals surface area contributed by atoms with Gasteiger partial charge in [0.2, 0.25) is 0 Å². The van der Waals surface area contributed by atoms with Crippen molar-refractivity contribution in [3.8, 4) is 0 Å². The number of rotatable bonds is 8. The third kappa shape index (κ3) is 5.65. The molecule has 1 heterocycles. The molecule has 1 rings (SSSR count). The van der Waals surface area contributed by atoms with Gasteiger partial charge in [-0.2, -0.15) is 12.7 Å². The Morgan fingerprint density at radius 3 is 2.75 bits per heavy atom. The van der Waals surface area contributed by atoms with Gasteiger partial charge in [0.05, 0.1) is 0 Å². The summed E-state index contributed by atoms with van der Waals surface area (Å²) in [5, 5.41) is 9.18. The zero-order valence-electron chi connectivity index (χ0n) is 12.8. The molecular formula is C13H28N2O4S. The van der Waals surface area contributed by atoms with Crippen molar-refractivity contribution in [3.63, 3.8) is 0 Å². The molecule has 0 amide bonds. The highest BCUT2D eigenvalue weighted by Gasteiger charge is 2.30. The van der Waals surface area contributed by atoms with Crippen molar-refractivity contribution in [2.75, 3.05) is 40.0 Å². The normalized spacial score (nSPS) is 22.1. The number of methoxy groups -OCH3 is 1. The average molecular weight is 308 g/mol. The van der Waals surface area contributed by atoms with E-state index in [1.54, 1.807) is 7.11 Å². The highest BCUT2D eigenvalue weighted by Crippen LogP contribution is 2.21. The molecule has 0 radical (unpaired) electrons. The topological polar surface area (TPSA) is 78.9 Å². The second-order valence-electron chi connectivity index (χ2n) is 6.28. The minimum absolute atomic E-state index is 0.0470. The largest absolute Gasteiger partial charge is 0.396 e. The first-order chi connectivity index (χ1) is 9.30. The molecular weight excluding hydrogens is 280 g/mol. The highest BCUT2D eigenvalue weighted by molar-refractivity contribution is 7.87. The molecule has 120 valence electrons. The van der Waals surface area contributed by atoms with Crippen molar-refractivity contribution < 1.29 is 18.3 Å². The van der Waals surface area contributed by atoms with E-state index in [-0.39, 0.29) is 17.9 Å². The second-order valence-corrected chi connectivity index (χ2v) is 8.04. The Kier molecular flexibility index (Phi) is 6.87. The van der Waals surface area contributed by atoms with Crippen molar-refractivity contribution in [1.82, 2.24) is 9.03 Å². The van der Waals surface area contributed by atoms with Crippen LogP contribution in [0.1, 0.15) is 33.1 Å². The molecule has 1 unspecified atom stereocenters. The average Bonchev–Trinajstić information content (AvgIpc) is 2.43. The maximum Gasteiger partial charge on any atom is 0.279 e. The molecule has 1 saturated heterocycles.